The van der Waals surface area contributed by atoms with Gasteiger partial charge < -0.3 is 10.2 Å². The Bertz CT molecular complexity index is 513. The second-order valence-corrected chi connectivity index (χ2v) is 5.17. The SMILES string of the molecule is CC(=O)N1CCN(CCNc2ncccc2C(F)(F)F)CC1. The number of pyridine rings is 1. The van der Waals surface area contributed by atoms with E-state index in [0.29, 0.717) is 26.2 Å². The summed E-state index contributed by atoms with van der Waals surface area (Å²) in [6.45, 7) is 5.31. The number of alkyl halides is 3. The Hall–Kier alpha value is -1.83. The zero-order valence-corrected chi connectivity index (χ0v) is 12.4. The van der Waals surface area contributed by atoms with Gasteiger partial charge in [-0.3, -0.25) is 9.69 Å². The molecule has 0 unspecified atom stereocenters. The van der Waals surface area contributed by atoms with Crippen molar-refractivity contribution in [3.05, 3.63) is 23.9 Å². The molecule has 0 saturated carbocycles. The lowest BCUT2D eigenvalue weighted by Gasteiger charge is -2.34. The number of carbonyl (C=O) groups excluding carboxylic acids is 1. The van der Waals surface area contributed by atoms with Gasteiger partial charge in [-0.05, 0) is 12.1 Å². The van der Waals surface area contributed by atoms with Gasteiger partial charge in [-0.1, -0.05) is 0 Å². The number of amides is 1. The molecule has 8 heteroatoms. The molecular weight excluding hydrogens is 297 g/mol. The van der Waals surface area contributed by atoms with Gasteiger partial charge in [0.25, 0.3) is 0 Å². The highest BCUT2D eigenvalue weighted by molar-refractivity contribution is 5.73. The molecule has 0 aromatic carbocycles. The van der Waals surface area contributed by atoms with Crippen molar-refractivity contribution in [3.63, 3.8) is 0 Å². The van der Waals surface area contributed by atoms with Crippen molar-refractivity contribution in [1.29, 1.82) is 0 Å². The lowest BCUT2D eigenvalue weighted by Crippen LogP contribution is -2.49. The van der Waals surface area contributed by atoms with Crippen LogP contribution in [0.1, 0.15) is 12.5 Å². The molecule has 1 N–H and O–H groups in total. The van der Waals surface area contributed by atoms with E-state index in [2.05, 4.69) is 15.2 Å². The van der Waals surface area contributed by atoms with Gasteiger partial charge in [0.15, 0.2) is 0 Å². The minimum atomic E-state index is -4.41. The van der Waals surface area contributed by atoms with Crippen LogP contribution in [0, 0.1) is 0 Å². The zero-order valence-electron chi connectivity index (χ0n) is 12.4. The molecule has 22 heavy (non-hydrogen) atoms. The third-order valence-electron chi connectivity index (χ3n) is 3.65. The average Bonchev–Trinajstić information content (AvgIpc) is 2.47. The molecule has 1 amide bonds. The maximum absolute atomic E-state index is 12.8. The predicted octanol–water partition coefficient (Wildman–Crippen LogP) is 1.68. The number of halogens is 3. The zero-order chi connectivity index (χ0) is 16.2. The number of nitrogens with zero attached hydrogens (tertiary/aromatic N) is 3. The standard InChI is InChI=1S/C14H19F3N4O/c1-11(22)21-9-7-20(8-10-21)6-5-19-13-12(14(15,16)17)3-2-4-18-13/h2-4H,5-10H2,1H3,(H,18,19). The monoisotopic (exact) mass is 316 g/mol. The molecule has 1 saturated heterocycles. The Balaban J connectivity index is 1.82. The number of carbonyl (C=O) groups is 1. The maximum atomic E-state index is 12.8. The summed E-state index contributed by atoms with van der Waals surface area (Å²) in [7, 11) is 0. The van der Waals surface area contributed by atoms with E-state index in [1.54, 1.807) is 4.90 Å². The Morgan fingerprint density at radius 2 is 2.00 bits per heavy atom. The van der Waals surface area contributed by atoms with Crippen molar-refractivity contribution in [2.24, 2.45) is 0 Å². The average molecular weight is 316 g/mol. The van der Waals surface area contributed by atoms with Gasteiger partial charge in [0.2, 0.25) is 5.91 Å². The second-order valence-electron chi connectivity index (χ2n) is 5.17. The third-order valence-corrected chi connectivity index (χ3v) is 3.65. The number of hydrogen-bond acceptors (Lipinski definition) is 4. The Labute approximate surface area is 127 Å². The first-order valence-electron chi connectivity index (χ1n) is 7.12. The molecule has 1 aliphatic heterocycles. The van der Waals surface area contributed by atoms with Crippen LogP contribution in [0.25, 0.3) is 0 Å². The molecule has 2 rings (SSSR count). The van der Waals surface area contributed by atoms with E-state index >= 15 is 0 Å². The van der Waals surface area contributed by atoms with Gasteiger partial charge in [-0.2, -0.15) is 13.2 Å². The Morgan fingerprint density at radius 3 is 2.59 bits per heavy atom. The van der Waals surface area contributed by atoms with Crippen LogP contribution in [0.15, 0.2) is 18.3 Å². The van der Waals surface area contributed by atoms with Crippen molar-refractivity contribution >= 4 is 11.7 Å². The van der Waals surface area contributed by atoms with E-state index in [0.717, 1.165) is 19.2 Å². The molecule has 5 nitrogen and oxygen atoms in total. The number of aromatic nitrogens is 1. The highest BCUT2D eigenvalue weighted by Gasteiger charge is 2.34. The fraction of sp³-hybridized carbons (Fsp3) is 0.571. The molecular formula is C14H19F3N4O. The smallest absolute Gasteiger partial charge is 0.368 e. The topological polar surface area (TPSA) is 48.5 Å². The molecule has 0 spiro atoms. The van der Waals surface area contributed by atoms with E-state index < -0.39 is 11.7 Å². The summed E-state index contributed by atoms with van der Waals surface area (Å²) in [6.07, 6.45) is -3.08. The first-order valence-corrected chi connectivity index (χ1v) is 7.12. The van der Waals surface area contributed by atoms with Crippen LogP contribution in [0.3, 0.4) is 0 Å². The molecule has 1 aromatic rings. The normalized spacial score (nSPS) is 16.6. The third kappa shape index (κ3) is 4.33. The molecule has 1 aromatic heterocycles. The van der Waals surface area contributed by atoms with Crippen LogP contribution >= 0.6 is 0 Å². The van der Waals surface area contributed by atoms with Crippen LogP contribution in [0.2, 0.25) is 0 Å². The second kappa shape index (κ2) is 6.95. The molecule has 122 valence electrons. The van der Waals surface area contributed by atoms with E-state index in [9.17, 15) is 18.0 Å². The molecule has 1 fully saturated rings. The molecule has 2 heterocycles. The van der Waals surface area contributed by atoms with Crippen LogP contribution in [-0.4, -0.2) is 60.0 Å². The summed E-state index contributed by atoms with van der Waals surface area (Å²) in [6, 6.07) is 2.29. The minimum Gasteiger partial charge on any atom is -0.368 e. The summed E-state index contributed by atoms with van der Waals surface area (Å²) in [5.74, 6) is -0.0848. The van der Waals surface area contributed by atoms with E-state index in [1.807, 2.05) is 0 Å². The highest BCUT2D eigenvalue weighted by atomic mass is 19.4. The van der Waals surface area contributed by atoms with Crippen molar-refractivity contribution < 1.29 is 18.0 Å². The van der Waals surface area contributed by atoms with Crippen molar-refractivity contribution in [2.75, 3.05) is 44.6 Å². The Kier molecular flexibility index (Phi) is 5.23. The van der Waals surface area contributed by atoms with Crippen LogP contribution in [0.4, 0.5) is 19.0 Å². The van der Waals surface area contributed by atoms with Crippen LogP contribution in [-0.2, 0) is 11.0 Å². The quantitative estimate of drug-likeness (QED) is 0.918. The molecule has 1 aliphatic rings. The van der Waals surface area contributed by atoms with Gasteiger partial charge in [-0.15, -0.1) is 0 Å². The van der Waals surface area contributed by atoms with Gasteiger partial charge >= 0.3 is 6.18 Å². The largest absolute Gasteiger partial charge is 0.419 e. The summed E-state index contributed by atoms with van der Waals surface area (Å²) in [4.78, 5) is 18.9. The molecule has 0 radical (unpaired) electrons. The summed E-state index contributed by atoms with van der Waals surface area (Å²) >= 11 is 0. The number of rotatable bonds is 4. The van der Waals surface area contributed by atoms with Crippen molar-refractivity contribution in [2.45, 2.75) is 13.1 Å². The predicted molar refractivity (Wildman–Crippen MR) is 76.4 cm³/mol. The summed E-state index contributed by atoms with van der Waals surface area (Å²) in [5.41, 5.74) is -0.753. The lowest BCUT2D eigenvalue weighted by molar-refractivity contribution is -0.137. The molecule has 0 bridgehead atoms. The van der Waals surface area contributed by atoms with E-state index in [4.69, 9.17) is 0 Å². The minimum absolute atomic E-state index is 0.0566. The number of anilines is 1. The first-order chi connectivity index (χ1) is 10.4. The van der Waals surface area contributed by atoms with Crippen molar-refractivity contribution in [1.82, 2.24) is 14.8 Å². The van der Waals surface area contributed by atoms with Gasteiger partial charge in [0.05, 0.1) is 5.56 Å². The first kappa shape index (κ1) is 16.5. The number of nitrogens with one attached hydrogen (secondary N) is 1. The van der Waals surface area contributed by atoms with Gasteiger partial charge in [0.1, 0.15) is 5.82 Å². The van der Waals surface area contributed by atoms with E-state index in [-0.39, 0.29) is 11.7 Å². The van der Waals surface area contributed by atoms with E-state index in [1.165, 1.54) is 19.2 Å². The van der Waals surface area contributed by atoms with Crippen molar-refractivity contribution in [3.8, 4) is 0 Å². The number of hydrogen-bond donors (Lipinski definition) is 1. The lowest BCUT2D eigenvalue weighted by atomic mass is 10.2. The molecule has 0 atom stereocenters. The summed E-state index contributed by atoms with van der Waals surface area (Å²) < 4.78 is 38.5. The molecule has 0 aliphatic carbocycles. The maximum Gasteiger partial charge on any atom is 0.419 e. The highest BCUT2D eigenvalue weighted by Crippen LogP contribution is 2.33. The summed E-state index contributed by atoms with van der Waals surface area (Å²) in [5, 5.41) is 2.75. The fourth-order valence-corrected chi connectivity index (χ4v) is 2.39. The van der Waals surface area contributed by atoms with Gasteiger partial charge in [-0.25, -0.2) is 4.98 Å². The Morgan fingerprint density at radius 1 is 1.32 bits per heavy atom. The van der Waals surface area contributed by atoms with Crippen LogP contribution in [0.5, 0.6) is 0 Å². The fourth-order valence-electron chi connectivity index (χ4n) is 2.39. The van der Waals surface area contributed by atoms with Crippen LogP contribution < -0.4 is 5.32 Å². The van der Waals surface area contributed by atoms with Gasteiger partial charge in [0, 0.05) is 52.4 Å². The number of piperazine rings is 1.